The van der Waals surface area contributed by atoms with Gasteiger partial charge in [0, 0.05) is 104 Å². The van der Waals surface area contributed by atoms with Gasteiger partial charge in [-0.15, -0.1) is 0 Å². The van der Waals surface area contributed by atoms with Crippen LogP contribution < -0.4 is 21.3 Å². The fourth-order valence-electron chi connectivity index (χ4n) is 19.1. The molecule has 0 amide bonds. The lowest BCUT2D eigenvalue weighted by Crippen LogP contribution is -2.60. The maximum Gasteiger partial charge on any atom is 0.252 e. The summed E-state index contributed by atoms with van der Waals surface area (Å²) >= 11 is 0. The minimum atomic E-state index is -0.734. The van der Waals surface area contributed by atoms with Crippen LogP contribution in [0.3, 0.4) is 0 Å². The lowest BCUT2D eigenvalue weighted by Gasteiger charge is -2.41. The number of para-hydroxylation sites is 6. The van der Waals surface area contributed by atoms with Crippen LogP contribution in [0.15, 0.2) is 333 Å². The van der Waals surface area contributed by atoms with Crippen LogP contribution in [-0.4, -0.2) is 29.4 Å². The second-order valence-corrected chi connectivity index (χ2v) is 32.0. The van der Waals surface area contributed by atoms with E-state index in [-0.39, 0.29) is 54.4 Å². The van der Waals surface area contributed by atoms with Gasteiger partial charge in [0.2, 0.25) is 0 Å². The van der Waals surface area contributed by atoms with Crippen LogP contribution in [0.1, 0.15) is 74.6 Å². The van der Waals surface area contributed by atoms with Crippen molar-refractivity contribution >= 4 is 187 Å². The lowest BCUT2D eigenvalue weighted by molar-refractivity contribution is 0.590. The van der Waals surface area contributed by atoms with Crippen molar-refractivity contribution in [1.82, 2.24) is 22.7 Å². The van der Waals surface area contributed by atoms with E-state index in [1.165, 1.54) is 0 Å². The second kappa shape index (κ2) is 22.5. The summed E-state index contributed by atoms with van der Waals surface area (Å²) in [6.45, 7) is 12.6. The van der Waals surface area contributed by atoms with E-state index in [0.717, 1.165) is 159 Å². The van der Waals surface area contributed by atoms with Crippen LogP contribution in [0.4, 0.5) is 17.1 Å². The molecule has 0 saturated heterocycles. The molecular formula is C104H73BN6. The van der Waals surface area contributed by atoms with Gasteiger partial charge < -0.3 is 27.6 Å². The number of aromatic nitrogens is 5. The Labute approximate surface area is 663 Å². The average Bonchev–Trinajstić information content (AvgIpc) is 1.49. The van der Waals surface area contributed by atoms with Gasteiger partial charge in [-0.2, -0.15) is 0 Å². The Morgan fingerprint density at radius 3 is 1.32 bits per heavy atom. The molecule has 16 aromatic carbocycles. The summed E-state index contributed by atoms with van der Waals surface area (Å²) in [5, 5.41) is 11.3. The van der Waals surface area contributed by atoms with E-state index in [0.29, 0.717) is 22.4 Å². The van der Waals surface area contributed by atoms with Gasteiger partial charge in [0.15, 0.2) is 0 Å². The number of anilines is 3. The number of fused-ring (bicyclic) bond motifs is 27. The molecule has 0 spiro atoms. The summed E-state index contributed by atoms with van der Waals surface area (Å²) in [7, 11) is 0. The zero-order valence-corrected chi connectivity index (χ0v) is 61.3. The number of hydrogen-bond acceptors (Lipinski definition) is 1. The van der Waals surface area contributed by atoms with Crippen LogP contribution in [0, 0.1) is 0 Å². The van der Waals surface area contributed by atoms with Gasteiger partial charge in [-0.1, -0.05) is 260 Å². The molecule has 2 aliphatic heterocycles. The number of benzene rings is 16. The molecule has 2 aliphatic rings. The Kier molecular flexibility index (Phi) is 9.86. The van der Waals surface area contributed by atoms with E-state index < -0.39 is 103 Å². The summed E-state index contributed by atoms with van der Waals surface area (Å²) in [4.78, 5) is 2.33. The predicted molar refractivity (Wildman–Crippen MR) is 473 cm³/mol. The summed E-state index contributed by atoms with van der Waals surface area (Å²) < 4.78 is 162. The Morgan fingerprint density at radius 2 is 0.721 bits per heavy atom. The van der Waals surface area contributed by atoms with Crippen molar-refractivity contribution in [3.05, 3.63) is 344 Å². The van der Waals surface area contributed by atoms with Crippen molar-refractivity contribution in [2.24, 2.45) is 0 Å². The van der Waals surface area contributed by atoms with E-state index in [2.05, 4.69) is 248 Å². The summed E-state index contributed by atoms with van der Waals surface area (Å²) in [5.41, 5.74) is 16.8. The normalized spacial score (nSPS) is 15.1. The molecule has 0 atom stereocenters. The Hall–Kier alpha value is -13.6. The number of rotatable bonds is 5. The fraction of sp³-hybridized carbons (Fsp3) is 0.0769. The highest BCUT2D eigenvalue weighted by molar-refractivity contribution is 7.00. The molecule has 22 aromatic rings. The quantitative estimate of drug-likeness (QED) is 0.158. The predicted octanol–water partition coefficient (Wildman–Crippen LogP) is 25.5. The van der Waals surface area contributed by atoms with Gasteiger partial charge in [-0.05, 0) is 186 Å². The molecule has 0 radical (unpaired) electrons. The molecule has 6 aromatic heterocycles. The minimum Gasteiger partial charge on any atom is -0.311 e. The third kappa shape index (κ3) is 8.63. The SMILES string of the molecule is [2H]c1c([2H])c([2H])c2c(c1[2H])c1c([2H])c([2H])c([2H])c([2H])c1n2-c1ccc2c(c1)N(c1ccc(-c3ccccc3)cc1)c1c3c(cc4c1c1cccc5c6ccccc6c6ccccc6c6ccccc6n4c51)-n1c4ccc(-n5c6c([2H])c([2H])c([2H])c([2H])c6c6c([2H])c([2H])c([2H])c([2H])c65)cc4c4cc(-n5c6ccc(C(C)(C)C)cc6c6cc(C(C)(C)C)ccc65)cc(c41)B23. The molecule has 8 heterocycles. The maximum absolute atomic E-state index is 9.95. The third-order valence-electron chi connectivity index (χ3n) is 24.0. The molecule has 0 aliphatic carbocycles. The minimum absolute atomic E-state index is 0.0178. The Bertz CT molecular complexity index is 8730. The first-order chi connectivity index (χ1) is 61.0. The molecule has 24 rings (SSSR count). The van der Waals surface area contributed by atoms with Crippen molar-refractivity contribution in [2.75, 3.05) is 4.90 Å². The van der Waals surface area contributed by atoms with E-state index in [1.807, 2.05) is 48.5 Å². The van der Waals surface area contributed by atoms with Crippen LogP contribution in [0.2, 0.25) is 0 Å². The van der Waals surface area contributed by atoms with E-state index in [4.69, 9.17) is 5.48 Å². The Balaban J connectivity index is 0.937. The molecule has 0 N–H and O–H groups in total. The molecule has 111 heavy (non-hydrogen) atoms. The molecule has 0 fully saturated rings. The highest BCUT2D eigenvalue weighted by Crippen LogP contribution is 2.52. The molecule has 7 heteroatoms. The summed E-state index contributed by atoms with van der Waals surface area (Å²) in [5.74, 6) is 0. The van der Waals surface area contributed by atoms with Crippen molar-refractivity contribution in [1.29, 1.82) is 0 Å². The molecule has 6 nitrogen and oxygen atoms in total. The standard InChI is InChI=1S/C104H73BN6/c1-103(2,3)64-45-52-92-81(55-64)82-56-65(104(4,5)6)46-53-93(82)108(92)69-58-84-83-57-67(106-87-38-19-15-32-75(87)76-33-16-20-39-88(76)106)50-54-94(83)111-97-61-96-98(80-37-24-36-79-73-30-13-11-28-71(73)70-27-10-12-29-72(70)74-31-14-23-42-91(74)110(96)100(79)80)102-99(97)105(86(59-69)101(84)111)85-51-49-68(107-89-40-21-17-34-77(89)78-35-18-22-41-90(78)107)60-95(85)109(102)66-47-43-63(44-48-66)62-25-8-7-9-26-62/h7-61H,1-6H3/i15D,16D,17D,18D,19D,20D,21D,22D,32D,33D,34D,35D,38D,39D,40D,41D. The molecule has 0 bridgehead atoms. The monoisotopic (exact) mass is 1430 g/mol. The van der Waals surface area contributed by atoms with Gasteiger partial charge in [-0.25, -0.2) is 0 Å². The van der Waals surface area contributed by atoms with Crippen molar-refractivity contribution in [2.45, 2.75) is 52.4 Å². The van der Waals surface area contributed by atoms with E-state index in [1.54, 1.807) is 9.13 Å². The van der Waals surface area contributed by atoms with Gasteiger partial charge >= 0.3 is 0 Å². The molecule has 0 saturated carbocycles. The van der Waals surface area contributed by atoms with Gasteiger partial charge in [0.1, 0.15) is 0 Å². The highest BCUT2D eigenvalue weighted by atomic mass is 15.2. The lowest BCUT2D eigenvalue weighted by atomic mass is 9.33. The molecule has 522 valence electrons. The average molecular weight is 1430 g/mol. The number of hydrogen-bond donors (Lipinski definition) is 0. The van der Waals surface area contributed by atoms with Crippen molar-refractivity contribution < 1.29 is 21.9 Å². The van der Waals surface area contributed by atoms with Crippen LogP contribution in [-0.2, 0) is 10.8 Å². The van der Waals surface area contributed by atoms with E-state index in [9.17, 15) is 16.4 Å². The zero-order chi connectivity index (χ0) is 87.5. The van der Waals surface area contributed by atoms with Crippen LogP contribution in [0.5, 0.6) is 0 Å². The summed E-state index contributed by atoms with van der Waals surface area (Å²) in [6, 6.07) is 75.6. The van der Waals surface area contributed by atoms with E-state index >= 15 is 0 Å². The highest BCUT2D eigenvalue weighted by Gasteiger charge is 2.45. The summed E-state index contributed by atoms with van der Waals surface area (Å²) in [6.07, 6.45) is 0. The zero-order valence-electron chi connectivity index (χ0n) is 77.3. The van der Waals surface area contributed by atoms with Gasteiger partial charge in [0.05, 0.1) is 82.8 Å². The first-order valence-electron chi connectivity index (χ1n) is 45.8. The maximum atomic E-state index is 9.95. The number of nitrogens with zero attached hydrogens (tertiary/aromatic N) is 6. The smallest absolute Gasteiger partial charge is 0.252 e. The molecular weight excluding hydrogens is 1340 g/mol. The Morgan fingerprint density at radius 1 is 0.270 bits per heavy atom. The van der Waals surface area contributed by atoms with Crippen LogP contribution >= 0.6 is 0 Å². The first-order valence-corrected chi connectivity index (χ1v) is 37.8. The van der Waals surface area contributed by atoms with Gasteiger partial charge in [-0.3, -0.25) is 0 Å². The van der Waals surface area contributed by atoms with Crippen LogP contribution in [0.25, 0.3) is 181 Å². The fourth-order valence-corrected chi connectivity index (χ4v) is 19.1. The largest absolute Gasteiger partial charge is 0.311 e. The molecule has 0 unspecified atom stereocenters. The second-order valence-electron chi connectivity index (χ2n) is 32.0. The third-order valence-corrected chi connectivity index (χ3v) is 24.0. The first kappa shape index (κ1) is 48.6. The topological polar surface area (TPSA) is 27.4 Å². The van der Waals surface area contributed by atoms with Crippen molar-refractivity contribution in [3.8, 4) is 33.9 Å². The van der Waals surface area contributed by atoms with Crippen molar-refractivity contribution in [3.63, 3.8) is 0 Å². The van der Waals surface area contributed by atoms with Gasteiger partial charge in [0.25, 0.3) is 6.71 Å².